The number of anilines is 1. The molecule has 2 rings (SSSR count). The summed E-state index contributed by atoms with van der Waals surface area (Å²) < 4.78 is 10.6. The van der Waals surface area contributed by atoms with E-state index in [0.29, 0.717) is 22.5 Å². The van der Waals surface area contributed by atoms with Gasteiger partial charge in [-0.2, -0.15) is 0 Å². The zero-order valence-corrected chi connectivity index (χ0v) is 17.7. The highest BCUT2D eigenvalue weighted by molar-refractivity contribution is 7.80. The predicted molar refractivity (Wildman–Crippen MR) is 117 cm³/mol. The second-order valence-corrected chi connectivity index (χ2v) is 7.01. The fourth-order valence-corrected chi connectivity index (χ4v) is 3.21. The third-order valence-corrected chi connectivity index (χ3v) is 5.10. The van der Waals surface area contributed by atoms with Gasteiger partial charge in [0, 0.05) is 11.8 Å². The number of rotatable bonds is 8. The van der Waals surface area contributed by atoms with Gasteiger partial charge in [-0.3, -0.25) is 0 Å². The summed E-state index contributed by atoms with van der Waals surface area (Å²) in [5.74, 6) is 1.94. The molecule has 0 radical (unpaired) electrons. The zero-order valence-electron chi connectivity index (χ0n) is 16.8. The molecule has 2 unspecified atom stereocenters. The van der Waals surface area contributed by atoms with Crippen LogP contribution in [-0.2, 0) is 0 Å². The minimum absolute atomic E-state index is 0.163. The third-order valence-electron chi connectivity index (χ3n) is 4.88. The van der Waals surface area contributed by atoms with Crippen molar-refractivity contribution in [2.24, 2.45) is 0 Å². The van der Waals surface area contributed by atoms with E-state index in [-0.39, 0.29) is 6.04 Å². The maximum absolute atomic E-state index is 5.51. The van der Waals surface area contributed by atoms with Gasteiger partial charge in [0.15, 0.2) is 16.6 Å². The van der Waals surface area contributed by atoms with Gasteiger partial charge in [-0.1, -0.05) is 45.0 Å². The Morgan fingerprint density at radius 1 is 0.926 bits per heavy atom. The first-order valence-electron chi connectivity index (χ1n) is 9.41. The first-order valence-corrected chi connectivity index (χ1v) is 9.82. The Morgan fingerprint density at radius 3 is 2.11 bits per heavy atom. The first-order chi connectivity index (χ1) is 13.0. The van der Waals surface area contributed by atoms with Gasteiger partial charge in [0.25, 0.3) is 0 Å². The minimum atomic E-state index is 0.163. The van der Waals surface area contributed by atoms with Crippen LogP contribution in [0.1, 0.15) is 56.7 Å². The van der Waals surface area contributed by atoms with Crippen molar-refractivity contribution >= 4 is 23.0 Å². The number of ether oxygens (including phenoxy) is 2. The Hall–Kier alpha value is -2.27. The molecular formula is C22H30N2O2S. The molecule has 0 heterocycles. The van der Waals surface area contributed by atoms with Gasteiger partial charge in [-0.15, -0.1) is 0 Å². The summed E-state index contributed by atoms with van der Waals surface area (Å²) in [4.78, 5) is 0. The normalized spacial score (nSPS) is 12.8. The highest BCUT2D eigenvalue weighted by Crippen LogP contribution is 2.30. The van der Waals surface area contributed by atoms with Gasteiger partial charge < -0.3 is 20.1 Å². The Bertz CT molecular complexity index is 746. The van der Waals surface area contributed by atoms with E-state index in [1.54, 1.807) is 14.2 Å². The van der Waals surface area contributed by atoms with Crippen LogP contribution in [0.25, 0.3) is 0 Å². The molecule has 0 aliphatic carbocycles. The Labute approximate surface area is 168 Å². The molecule has 0 amide bonds. The van der Waals surface area contributed by atoms with Crippen molar-refractivity contribution in [3.05, 3.63) is 53.6 Å². The van der Waals surface area contributed by atoms with E-state index in [0.717, 1.165) is 18.5 Å². The molecule has 0 aliphatic rings. The molecule has 2 atom stereocenters. The van der Waals surface area contributed by atoms with Gasteiger partial charge in [0.2, 0.25) is 0 Å². The number of hydrogen-bond donors (Lipinski definition) is 2. The highest BCUT2D eigenvalue weighted by Gasteiger charge is 2.12. The van der Waals surface area contributed by atoms with Crippen molar-refractivity contribution in [2.75, 3.05) is 19.5 Å². The van der Waals surface area contributed by atoms with Crippen LogP contribution in [0.5, 0.6) is 11.5 Å². The lowest BCUT2D eigenvalue weighted by Crippen LogP contribution is -2.32. The maximum atomic E-state index is 5.51. The van der Waals surface area contributed by atoms with Crippen LogP contribution < -0.4 is 20.1 Å². The van der Waals surface area contributed by atoms with Crippen molar-refractivity contribution in [3.8, 4) is 11.5 Å². The second kappa shape index (κ2) is 10.2. The van der Waals surface area contributed by atoms with Crippen molar-refractivity contribution in [2.45, 2.75) is 45.6 Å². The molecule has 0 fully saturated rings. The molecule has 0 aromatic heterocycles. The SMILES string of the molecule is CCC(C)c1ccc(C(CC)NC(=S)Nc2ccc(OC)c(OC)c2)cc1. The van der Waals surface area contributed by atoms with E-state index in [4.69, 9.17) is 21.7 Å². The lowest BCUT2D eigenvalue weighted by molar-refractivity contribution is 0.355. The standard InChI is InChI=1S/C22H30N2O2S/c1-6-15(3)16-8-10-17(11-9-16)19(7-2)24-22(27)23-18-12-13-20(25-4)21(14-18)26-5/h8-15,19H,6-7H2,1-5H3,(H2,23,24,27). The molecule has 0 bridgehead atoms. The minimum Gasteiger partial charge on any atom is -0.493 e. The maximum Gasteiger partial charge on any atom is 0.171 e. The number of thiocarbonyl (C=S) groups is 1. The van der Waals surface area contributed by atoms with Gasteiger partial charge in [0.1, 0.15) is 0 Å². The van der Waals surface area contributed by atoms with E-state index < -0.39 is 0 Å². The molecule has 27 heavy (non-hydrogen) atoms. The lowest BCUT2D eigenvalue weighted by Gasteiger charge is -2.21. The summed E-state index contributed by atoms with van der Waals surface area (Å²) in [6.45, 7) is 6.62. The fourth-order valence-electron chi connectivity index (χ4n) is 2.95. The van der Waals surface area contributed by atoms with Gasteiger partial charge in [-0.05, 0) is 54.2 Å². The third kappa shape index (κ3) is 5.60. The van der Waals surface area contributed by atoms with Crippen molar-refractivity contribution in [3.63, 3.8) is 0 Å². The zero-order chi connectivity index (χ0) is 19.8. The highest BCUT2D eigenvalue weighted by atomic mass is 32.1. The van der Waals surface area contributed by atoms with E-state index in [1.807, 2.05) is 18.2 Å². The number of hydrogen-bond acceptors (Lipinski definition) is 3. The summed E-state index contributed by atoms with van der Waals surface area (Å²) in [5.41, 5.74) is 3.47. The lowest BCUT2D eigenvalue weighted by atomic mass is 9.95. The Morgan fingerprint density at radius 2 is 1.56 bits per heavy atom. The van der Waals surface area contributed by atoms with Crippen LogP contribution in [0.2, 0.25) is 0 Å². The number of methoxy groups -OCH3 is 2. The Balaban J connectivity index is 2.04. The largest absolute Gasteiger partial charge is 0.493 e. The molecule has 4 nitrogen and oxygen atoms in total. The van der Waals surface area contributed by atoms with Crippen molar-refractivity contribution in [1.29, 1.82) is 0 Å². The van der Waals surface area contributed by atoms with Crippen LogP contribution in [0.4, 0.5) is 5.69 Å². The molecule has 0 aliphatic heterocycles. The van der Waals surface area contributed by atoms with Crippen molar-refractivity contribution in [1.82, 2.24) is 5.32 Å². The molecule has 0 saturated heterocycles. The van der Waals surface area contributed by atoms with E-state index in [1.165, 1.54) is 11.1 Å². The smallest absolute Gasteiger partial charge is 0.171 e. The van der Waals surface area contributed by atoms with Gasteiger partial charge >= 0.3 is 0 Å². The fraction of sp³-hybridized carbons (Fsp3) is 0.409. The summed E-state index contributed by atoms with van der Waals surface area (Å²) in [7, 11) is 3.24. The number of benzene rings is 2. The van der Waals surface area contributed by atoms with Gasteiger partial charge in [-0.25, -0.2) is 0 Å². The topological polar surface area (TPSA) is 42.5 Å². The second-order valence-electron chi connectivity index (χ2n) is 6.61. The van der Waals surface area contributed by atoms with Crippen LogP contribution in [0.3, 0.4) is 0 Å². The summed E-state index contributed by atoms with van der Waals surface area (Å²) in [6.07, 6.45) is 2.09. The van der Waals surface area contributed by atoms with E-state index >= 15 is 0 Å². The molecule has 0 spiro atoms. The van der Waals surface area contributed by atoms with E-state index in [9.17, 15) is 0 Å². The van der Waals surface area contributed by atoms with Crippen LogP contribution in [0.15, 0.2) is 42.5 Å². The average molecular weight is 387 g/mol. The van der Waals surface area contributed by atoms with Crippen molar-refractivity contribution < 1.29 is 9.47 Å². The number of nitrogens with one attached hydrogen (secondary N) is 2. The van der Waals surface area contributed by atoms with Crippen LogP contribution >= 0.6 is 12.2 Å². The summed E-state index contributed by atoms with van der Waals surface area (Å²) in [5, 5.41) is 7.22. The monoisotopic (exact) mass is 386 g/mol. The molecule has 2 aromatic rings. The molecule has 2 N–H and O–H groups in total. The molecular weight excluding hydrogens is 356 g/mol. The van der Waals surface area contributed by atoms with Crippen LogP contribution in [0, 0.1) is 0 Å². The molecule has 146 valence electrons. The average Bonchev–Trinajstić information content (AvgIpc) is 2.71. The van der Waals surface area contributed by atoms with Crippen LogP contribution in [-0.4, -0.2) is 19.3 Å². The Kier molecular flexibility index (Phi) is 7.92. The summed E-state index contributed by atoms with van der Waals surface area (Å²) in [6, 6.07) is 14.6. The summed E-state index contributed by atoms with van der Waals surface area (Å²) >= 11 is 5.51. The molecule has 0 saturated carbocycles. The molecule has 5 heteroatoms. The molecule has 2 aromatic carbocycles. The van der Waals surface area contributed by atoms with Gasteiger partial charge in [0.05, 0.1) is 20.3 Å². The predicted octanol–water partition coefficient (Wildman–Crippen LogP) is 5.66. The van der Waals surface area contributed by atoms with E-state index in [2.05, 4.69) is 55.7 Å². The quantitative estimate of drug-likeness (QED) is 0.574. The first kappa shape index (κ1) is 21.0.